The molecule has 0 bridgehead atoms. The molecule has 0 spiro atoms. The van der Waals surface area contributed by atoms with Gasteiger partial charge >= 0.3 is 12.4 Å². The van der Waals surface area contributed by atoms with E-state index in [0.29, 0.717) is 6.42 Å². The van der Waals surface area contributed by atoms with Gasteiger partial charge in [-0.05, 0) is 38.0 Å². The molecule has 1 aromatic heterocycles. The summed E-state index contributed by atoms with van der Waals surface area (Å²) in [6.45, 7) is -0.710. The Hall–Kier alpha value is -3.17. The third kappa shape index (κ3) is 6.83. The van der Waals surface area contributed by atoms with Crippen LogP contribution in [0.1, 0.15) is 46.7 Å². The van der Waals surface area contributed by atoms with Gasteiger partial charge in [0.15, 0.2) is 5.76 Å². The first-order chi connectivity index (χ1) is 19.9. The minimum absolute atomic E-state index is 0.0182. The van der Waals surface area contributed by atoms with Crippen LogP contribution in [-0.2, 0) is 20.0 Å². The topological polar surface area (TPSA) is 113 Å². The van der Waals surface area contributed by atoms with Gasteiger partial charge in [0.05, 0.1) is 33.6 Å². The average molecular weight is 678 g/mol. The fraction of sp³-hybridized carbons (Fsp3) is 0.440. The van der Waals surface area contributed by atoms with E-state index >= 15 is 0 Å². The average Bonchev–Trinajstić information content (AvgIpc) is 3.66. The van der Waals surface area contributed by atoms with Crippen LogP contribution < -0.4 is 10.6 Å². The Morgan fingerprint density at radius 2 is 1.72 bits per heavy atom. The smallest absolute Gasteiger partial charge is 0.435 e. The van der Waals surface area contributed by atoms with E-state index in [1.165, 1.54) is 6.92 Å². The standard InChI is InChI=1S/C25H21Cl3F6N4O5/c1-11-13(21(40)35-9-19(39)38-4-2-3-17(38)22(41)36-10-24(29,30)31)7-18(42-11)16-8-23(43-37-16,25(32,33)34)12-5-14(26)20(28)15(27)6-12/h5-7,17H,2-4,8-10H2,1H3,(H,35,40)(H,36,41). The molecule has 0 saturated carbocycles. The molecule has 2 atom stereocenters. The number of furan rings is 1. The van der Waals surface area contributed by atoms with Crippen molar-refractivity contribution in [3.05, 3.63) is 55.9 Å². The third-order valence-corrected chi connectivity index (χ3v) is 8.02. The van der Waals surface area contributed by atoms with Crippen molar-refractivity contribution in [1.29, 1.82) is 0 Å². The third-order valence-electron chi connectivity index (χ3n) is 6.82. The van der Waals surface area contributed by atoms with Gasteiger partial charge in [0.1, 0.15) is 24.1 Å². The van der Waals surface area contributed by atoms with Gasteiger partial charge in [0, 0.05) is 12.1 Å². The number of benzene rings is 1. The first-order valence-corrected chi connectivity index (χ1v) is 13.6. The highest BCUT2D eigenvalue weighted by Gasteiger charge is 2.63. The van der Waals surface area contributed by atoms with Gasteiger partial charge < -0.3 is 24.8 Å². The number of carbonyl (C=O) groups excluding carboxylic acids is 3. The quantitative estimate of drug-likeness (QED) is 0.296. The normalized spacial score (nSPS) is 20.6. The Bertz CT molecular complexity index is 1460. The molecule has 234 valence electrons. The van der Waals surface area contributed by atoms with Crippen molar-refractivity contribution >= 4 is 58.2 Å². The second kappa shape index (κ2) is 12.1. The van der Waals surface area contributed by atoms with Crippen LogP contribution in [0.2, 0.25) is 15.1 Å². The SMILES string of the molecule is Cc1oc(C2=NOC(c3cc(Cl)c(Cl)c(Cl)c3)(C(F)(F)F)C2)cc1C(=O)NCC(=O)N1CCCC1C(=O)NCC(F)(F)F. The zero-order chi connectivity index (χ0) is 31.9. The van der Waals surface area contributed by atoms with E-state index in [4.69, 9.17) is 44.1 Å². The van der Waals surface area contributed by atoms with E-state index in [-0.39, 0.29) is 50.8 Å². The lowest BCUT2D eigenvalue weighted by atomic mass is 9.87. The summed E-state index contributed by atoms with van der Waals surface area (Å²) in [4.78, 5) is 43.7. The van der Waals surface area contributed by atoms with Gasteiger partial charge in [-0.2, -0.15) is 26.3 Å². The predicted octanol–water partition coefficient (Wildman–Crippen LogP) is 5.53. The fourth-order valence-corrected chi connectivity index (χ4v) is 5.27. The largest absolute Gasteiger partial charge is 0.459 e. The second-order valence-corrected chi connectivity index (χ2v) is 10.9. The predicted molar refractivity (Wildman–Crippen MR) is 141 cm³/mol. The zero-order valence-electron chi connectivity index (χ0n) is 21.9. The van der Waals surface area contributed by atoms with E-state index in [0.717, 1.165) is 23.1 Å². The Balaban J connectivity index is 1.44. The number of likely N-dealkylation sites (tertiary alicyclic amines) is 1. The monoisotopic (exact) mass is 676 g/mol. The summed E-state index contributed by atoms with van der Waals surface area (Å²) < 4.78 is 85.8. The molecule has 43 heavy (non-hydrogen) atoms. The number of nitrogens with one attached hydrogen (secondary N) is 2. The fourth-order valence-electron chi connectivity index (χ4n) is 4.67. The van der Waals surface area contributed by atoms with E-state index in [1.807, 2.05) is 0 Å². The minimum atomic E-state index is -5.00. The van der Waals surface area contributed by atoms with Crippen molar-refractivity contribution in [2.45, 2.75) is 50.2 Å². The lowest BCUT2D eigenvalue weighted by Crippen LogP contribution is -2.50. The summed E-state index contributed by atoms with van der Waals surface area (Å²) in [6.07, 6.45) is -9.99. The van der Waals surface area contributed by atoms with Gasteiger partial charge in [-0.15, -0.1) is 0 Å². The van der Waals surface area contributed by atoms with Gasteiger partial charge in [-0.1, -0.05) is 40.0 Å². The Kier molecular flexibility index (Phi) is 9.20. The van der Waals surface area contributed by atoms with Crippen molar-refractivity contribution < 1.29 is 50.0 Å². The molecule has 4 rings (SSSR count). The highest BCUT2D eigenvalue weighted by atomic mass is 35.5. The first-order valence-electron chi connectivity index (χ1n) is 12.4. The molecule has 3 heterocycles. The number of oxime groups is 1. The summed E-state index contributed by atoms with van der Waals surface area (Å²) >= 11 is 17.8. The van der Waals surface area contributed by atoms with Crippen molar-refractivity contribution in [2.75, 3.05) is 19.6 Å². The number of hydrogen-bond acceptors (Lipinski definition) is 6. The summed E-state index contributed by atoms with van der Waals surface area (Å²) in [5.41, 5.74) is -3.88. The van der Waals surface area contributed by atoms with Gasteiger partial charge in [0.2, 0.25) is 11.8 Å². The summed E-state index contributed by atoms with van der Waals surface area (Å²) in [5.74, 6) is -2.76. The van der Waals surface area contributed by atoms with Gasteiger partial charge in [-0.25, -0.2) is 0 Å². The number of aryl methyl sites for hydroxylation is 1. The van der Waals surface area contributed by atoms with Crippen LogP contribution in [0.3, 0.4) is 0 Å². The summed E-state index contributed by atoms with van der Waals surface area (Å²) in [6, 6.07) is 1.90. The van der Waals surface area contributed by atoms with Crippen molar-refractivity contribution in [2.24, 2.45) is 5.16 Å². The Labute approximate surface area is 254 Å². The van der Waals surface area contributed by atoms with E-state index in [2.05, 4.69) is 10.5 Å². The van der Waals surface area contributed by atoms with Crippen LogP contribution in [0.4, 0.5) is 26.3 Å². The number of nitrogens with zero attached hydrogens (tertiary/aromatic N) is 2. The maximum atomic E-state index is 14.3. The molecule has 1 aromatic carbocycles. The molecular formula is C25H21Cl3F6N4O5. The molecule has 9 nitrogen and oxygen atoms in total. The highest BCUT2D eigenvalue weighted by molar-refractivity contribution is 6.48. The van der Waals surface area contributed by atoms with Gasteiger partial charge in [-0.3, -0.25) is 14.4 Å². The van der Waals surface area contributed by atoms with E-state index in [1.54, 1.807) is 5.32 Å². The van der Waals surface area contributed by atoms with Crippen LogP contribution in [0.5, 0.6) is 0 Å². The van der Waals surface area contributed by atoms with Crippen LogP contribution in [0, 0.1) is 6.92 Å². The lowest BCUT2D eigenvalue weighted by molar-refractivity contribution is -0.275. The van der Waals surface area contributed by atoms with Crippen LogP contribution in [0.25, 0.3) is 0 Å². The number of carbonyl (C=O) groups is 3. The molecule has 2 aliphatic rings. The van der Waals surface area contributed by atoms with E-state index < -0.39 is 66.8 Å². The van der Waals surface area contributed by atoms with Crippen LogP contribution in [0.15, 0.2) is 27.8 Å². The van der Waals surface area contributed by atoms with Crippen molar-refractivity contribution in [1.82, 2.24) is 15.5 Å². The highest BCUT2D eigenvalue weighted by Crippen LogP contribution is 2.50. The molecule has 1 saturated heterocycles. The molecule has 18 heteroatoms. The Morgan fingerprint density at radius 1 is 1.07 bits per heavy atom. The summed E-state index contributed by atoms with van der Waals surface area (Å²) in [5, 5.41) is 7.00. The molecule has 2 unspecified atom stereocenters. The maximum Gasteiger partial charge on any atom is 0.435 e. The Morgan fingerprint density at radius 3 is 2.33 bits per heavy atom. The molecule has 2 aromatic rings. The number of alkyl halides is 6. The zero-order valence-corrected chi connectivity index (χ0v) is 24.2. The van der Waals surface area contributed by atoms with Crippen LogP contribution in [-0.4, -0.2) is 66.4 Å². The molecule has 0 aliphatic carbocycles. The second-order valence-electron chi connectivity index (χ2n) is 9.73. The first kappa shape index (κ1) is 32.7. The van der Waals surface area contributed by atoms with Crippen LogP contribution >= 0.6 is 34.8 Å². The number of hydrogen-bond donors (Lipinski definition) is 2. The van der Waals surface area contributed by atoms with Gasteiger partial charge in [0.25, 0.3) is 11.5 Å². The van der Waals surface area contributed by atoms with Crippen molar-refractivity contribution in [3.63, 3.8) is 0 Å². The molecular weight excluding hydrogens is 657 g/mol. The molecule has 3 amide bonds. The molecule has 0 radical (unpaired) electrons. The molecule has 2 N–H and O–H groups in total. The van der Waals surface area contributed by atoms with E-state index in [9.17, 15) is 40.7 Å². The number of rotatable bonds is 7. The lowest BCUT2D eigenvalue weighted by Gasteiger charge is -2.29. The van der Waals surface area contributed by atoms with Crippen molar-refractivity contribution in [3.8, 4) is 0 Å². The molecule has 2 aliphatic heterocycles. The number of amides is 3. The number of halogens is 9. The summed E-state index contributed by atoms with van der Waals surface area (Å²) in [7, 11) is 0. The minimum Gasteiger partial charge on any atom is -0.459 e. The maximum absolute atomic E-state index is 14.3. The molecule has 1 fully saturated rings.